The quantitative estimate of drug-likeness (QED) is 0.523. The second kappa shape index (κ2) is 3.42. The molecule has 0 heterocycles. The lowest BCUT2D eigenvalue weighted by molar-refractivity contribution is 0.0979. The van der Waals surface area contributed by atoms with Gasteiger partial charge < -0.3 is 0 Å². The molecule has 0 fully saturated rings. The van der Waals surface area contributed by atoms with E-state index in [2.05, 4.69) is 0 Å². The minimum absolute atomic E-state index is 0.0566. The molecular formula is C14H9BO2. The Bertz CT molecular complexity index is 659. The van der Waals surface area contributed by atoms with Crippen molar-refractivity contribution in [3.05, 3.63) is 64.7 Å². The molecule has 1 aliphatic rings. The Labute approximate surface area is 99.7 Å². The van der Waals surface area contributed by atoms with Crippen LogP contribution in [0.4, 0.5) is 0 Å². The minimum atomic E-state index is -0.0600. The molecule has 3 rings (SSSR count). The molecule has 0 atom stereocenters. The van der Waals surface area contributed by atoms with E-state index in [0.29, 0.717) is 22.3 Å². The van der Waals surface area contributed by atoms with Gasteiger partial charge in [-0.3, -0.25) is 9.59 Å². The van der Waals surface area contributed by atoms with E-state index >= 15 is 0 Å². The average Bonchev–Trinajstić information content (AvgIpc) is 2.36. The standard InChI is InChI=1S/C14H9BO2/c15-8-5-6-11-12(7-8)14(17)10-4-2-1-3-9(10)13(11)16/h1-7H,15H2. The van der Waals surface area contributed by atoms with E-state index < -0.39 is 0 Å². The van der Waals surface area contributed by atoms with Crippen LogP contribution in [0.15, 0.2) is 42.5 Å². The lowest BCUT2D eigenvalue weighted by Crippen LogP contribution is -2.22. The lowest BCUT2D eigenvalue weighted by atomic mass is 9.81. The maximum absolute atomic E-state index is 12.3. The normalized spacial score (nSPS) is 13.2. The van der Waals surface area contributed by atoms with Crippen LogP contribution in [0.25, 0.3) is 0 Å². The maximum Gasteiger partial charge on any atom is 0.194 e. The molecule has 0 spiro atoms. The summed E-state index contributed by atoms with van der Waals surface area (Å²) in [6, 6.07) is 12.4. The van der Waals surface area contributed by atoms with Gasteiger partial charge in [-0.25, -0.2) is 0 Å². The fourth-order valence-electron chi connectivity index (χ4n) is 2.21. The van der Waals surface area contributed by atoms with Crippen LogP contribution in [0.3, 0.4) is 0 Å². The zero-order valence-electron chi connectivity index (χ0n) is 9.36. The van der Waals surface area contributed by atoms with Crippen molar-refractivity contribution >= 4 is 24.9 Å². The molecule has 17 heavy (non-hydrogen) atoms. The second-order valence-electron chi connectivity index (χ2n) is 4.25. The molecule has 0 aliphatic heterocycles. The molecule has 0 aromatic heterocycles. The molecule has 0 N–H and O–H groups in total. The van der Waals surface area contributed by atoms with Crippen molar-refractivity contribution in [2.45, 2.75) is 0 Å². The third-order valence-corrected chi connectivity index (χ3v) is 3.08. The Morgan fingerprint density at radius 1 is 0.706 bits per heavy atom. The van der Waals surface area contributed by atoms with Crippen molar-refractivity contribution in [3.63, 3.8) is 0 Å². The van der Waals surface area contributed by atoms with Crippen LogP contribution in [0, 0.1) is 0 Å². The number of benzene rings is 2. The summed E-state index contributed by atoms with van der Waals surface area (Å²) in [5.74, 6) is -0.117. The summed E-state index contributed by atoms with van der Waals surface area (Å²) in [5, 5.41) is 0. The number of ketones is 2. The maximum atomic E-state index is 12.3. The van der Waals surface area contributed by atoms with Crippen molar-refractivity contribution in [2.24, 2.45) is 0 Å². The van der Waals surface area contributed by atoms with Gasteiger partial charge in [0.15, 0.2) is 11.6 Å². The number of rotatable bonds is 0. The highest BCUT2D eigenvalue weighted by Crippen LogP contribution is 2.26. The van der Waals surface area contributed by atoms with Crippen LogP contribution in [0.5, 0.6) is 0 Å². The number of hydrogen-bond acceptors (Lipinski definition) is 2. The first-order valence-electron chi connectivity index (χ1n) is 5.47. The average molecular weight is 220 g/mol. The van der Waals surface area contributed by atoms with E-state index in [-0.39, 0.29) is 11.6 Å². The SMILES string of the molecule is Bc1ccc2c(c1)C(=O)c1ccccc1C2=O. The molecule has 2 aromatic rings. The molecule has 1 aliphatic carbocycles. The molecule has 80 valence electrons. The van der Waals surface area contributed by atoms with Crippen LogP contribution in [0.2, 0.25) is 0 Å². The molecule has 3 heteroatoms. The molecule has 2 nitrogen and oxygen atoms in total. The molecule has 0 bridgehead atoms. The summed E-state index contributed by atoms with van der Waals surface area (Å²) in [4.78, 5) is 24.5. The van der Waals surface area contributed by atoms with E-state index in [1.165, 1.54) is 0 Å². The second-order valence-corrected chi connectivity index (χ2v) is 4.25. The summed E-state index contributed by atoms with van der Waals surface area (Å²) in [6.07, 6.45) is 0. The predicted octanol–water partition coefficient (Wildman–Crippen LogP) is 0.720. The molecular weight excluding hydrogens is 211 g/mol. The summed E-state index contributed by atoms with van der Waals surface area (Å²) in [5.41, 5.74) is 3.04. The van der Waals surface area contributed by atoms with Gasteiger partial charge in [-0.2, -0.15) is 0 Å². The van der Waals surface area contributed by atoms with Gasteiger partial charge in [-0.15, -0.1) is 0 Å². The fraction of sp³-hybridized carbons (Fsp3) is 0. The number of fused-ring (bicyclic) bond motifs is 2. The van der Waals surface area contributed by atoms with Gasteiger partial charge in [0.1, 0.15) is 7.85 Å². The highest BCUT2D eigenvalue weighted by Gasteiger charge is 2.28. The molecule has 0 unspecified atom stereocenters. The van der Waals surface area contributed by atoms with Crippen molar-refractivity contribution in [3.8, 4) is 0 Å². The first-order chi connectivity index (χ1) is 8.18. The van der Waals surface area contributed by atoms with Gasteiger partial charge in [0, 0.05) is 22.3 Å². The topological polar surface area (TPSA) is 34.1 Å². The predicted molar refractivity (Wildman–Crippen MR) is 67.9 cm³/mol. The summed E-state index contributed by atoms with van der Waals surface area (Å²) in [7, 11) is 1.92. The summed E-state index contributed by atoms with van der Waals surface area (Å²) >= 11 is 0. The largest absolute Gasteiger partial charge is 0.289 e. The van der Waals surface area contributed by atoms with Crippen LogP contribution < -0.4 is 5.46 Å². The smallest absolute Gasteiger partial charge is 0.194 e. The molecule has 0 saturated carbocycles. The zero-order valence-corrected chi connectivity index (χ0v) is 9.36. The zero-order chi connectivity index (χ0) is 12.0. The first kappa shape index (κ1) is 10.0. The Morgan fingerprint density at radius 3 is 1.88 bits per heavy atom. The van der Waals surface area contributed by atoms with Crippen LogP contribution in [0.1, 0.15) is 31.8 Å². The monoisotopic (exact) mass is 220 g/mol. The van der Waals surface area contributed by atoms with Crippen molar-refractivity contribution in [1.29, 1.82) is 0 Å². The Balaban J connectivity index is 2.33. The number of carbonyl (C=O) groups excluding carboxylic acids is 2. The summed E-state index contributed by atoms with van der Waals surface area (Å²) in [6.45, 7) is 0. The fourth-order valence-corrected chi connectivity index (χ4v) is 2.21. The van der Waals surface area contributed by atoms with Gasteiger partial charge in [-0.1, -0.05) is 47.9 Å². The Kier molecular flexibility index (Phi) is 2.02. The molecule has 0 amide bonds. The van der Waals surface area contributed by atoms with Crippen molar-refractivity contribution < 1.29 is 9.59 Å². The number of hydrogen-bond donors (Lipinski definition) is 0. The van der Waals surface area contributed by atoms with Gasteiger partial charge in [0.2, 0.25) is 0 Å². The van der Waals surface area contributed by atoms with E-state index in [9.17, 15) is 9.59 Å². The first-order valence-corrected chi connectivity index (χ1v) is 5.47. The van der Waals surface area contributed by atoms with Gasteiger partial charge in [0.25, 0.3) is 0 Å². The highest BCUT2D eigenvalue weighted by molar-refractivity contribution is 6.35. The minimum Gasteiger partial charge on any atom is -0.289 e. The van der Waals surface area contributed by atoms with Crippen LogP contribution in [-0.4, -0.2) is 19.4 Å². The lowest BCUT2D eigenvalue weighted by Gasteiger charge is -2.17. The van der Waals surface area contributed by atoms with Crippen molar-refractivity contribution in [1.82, 2.24) is 0 Å². The van der Waals surface area contributed by atoms with Gasteiger partial charge in [0.05, 0.1) is 0 Å². The number of carbonyl (C=O) groups is 2. The molecule has 0 radical (unpaired) electrons. The summed E-state index contributed by atoms with van der Waals surface area (Å²) < 4.78 is 0. The van der Waals surface area contributed by atoms with Gasteiger partial charge in [-0.05, 0) is 0 Å². The van der Waals surface area contributed by atoms with E-state index in [1.807, 2.05) is 13.9 Å². The molecule has 2 aromatic carbocycles. The molecule has 0 saturated heterocycles. The van der Waals surface area contributed by atoms with E-state index in [4.69, 9.17) is 0 Å². The van der Waals surface area contributed by atoms with Gasteiger partial charge >= 0.3 is 0 Å². The third-order valence-electron chi connectivity index (χ3n) is 3.08. The third kappa shape index (κ3) is 1.36. The van der Waals surface area contributed by atoms with Crippen LogP contribution >= 0.6 is 0 Å². The Morgan fingerprint density at radius 2 is 1.24 bits per heavy atom. The van der Waals surface area contributed by atoms with Crippen LogP contribution in [-0.2, 0) is 0 Å². The van der Waals surface area contributed by atoms with Crippen molar-refractivity contribution in [2.75, 3.05) is 0 Å². The van der Waals surface area contributed by atoms with E-state index in [0.717, 1.165) is 5.46 Å². The highest BCUT2D eigenvalue weighted by atomic mass is 16.1. The van der Waals surface area contributed by atoms with E-state index in [1.54, 1.807) is 36.4 Å². The Hall–Kier alpha value is -2.16.